The van der Waals surface area contributed by atoms with Crippen molar-refractivity contribution in [1.82, 2.24) is 4.90 Å². The standard InChI is InChI=1S/C9H20N2O2/c1-4-7(5-2)11(3)8(6-10)9(12)13/h7-8H,4-6,10H2,1-3H3,(H,12,13). The zero-order valence-electron chi connectivity index (χ0n) is 8.66. The first-order valence-electron chi connectivity index (χ1n) is 4.73. The van der Waals surface area contributed by atoms with Crippen molar-refractivity contribution in [3.05, 3.63) is 0 Å². The Balaban J connectivity index is 4.33. The minimum atomic E-state index is -0.836. The molecule has 0 heterocycles. The van der Waals surface area contributed by atoms with Crippen molar-refractivity contribution in [3.63, 3.8) is 0 Å². The molecule has 0 aromatic carbocycles. The molecule has 0 aromatic rings. The Hall–Kier alpha value is -0.610. The molecule has 78 valence electrons. The number of carbonyl (C=O) groups is 1. The molecular formula is C9H20N2O2. The first-order chi connectivity index (χ1) is 6.08. The lowest BCUT2D eigenvalue weighted by Crippen LogP contribution is -2.48. The lowest BCUT2D eigenvalue weighted by Gasteiger charge is -2.30. The average Bonchev–Trinajstić information content (AvgIpc) is 2.07. The largest absolute Gasteiger partial charge is 0.480 e. The number of carboxylic acids is 1. The number of nitrogens with two attached hydrogens (primary N) is 1. The van der Waals surface area contributed by atoms with Crippen molar-refractivity contribution in [2.24, 2.45) is 5.73 Å². The lowest BCUT2D eigenvalue weighted by atomic mass is 10.1. The molecule has 4 heteroatoms. The van der Waals surface area contributed by atoms with Crippen LogP contribution < -0.4 is 5.73 Å². The van der Waals surface area contributed by atoms with Crippen molar-refractivity contribution in [2.75, 3.05) is 13.6 Å². The summed E-state index contributed by atoms with van der Waals surface area (Å²) in [5, 5.41) is 8.86. The summed E-state index contributed by atoms with van der Waals surface area (Å²) in [5.74, 6) is -0.836. The van der Waals surface area contributed by atoms with Crippen LogP contribution in [0.3, 0.4) is 0 Å². The van der Waals surface area contributed by atoms with Gasteiger partial charge < -0.3 is 10.8 Å². The molecule has 0 amide bonds. The second kappa shape index (κ2) is 5.94. The van der Waals surface area contributed by atoms with Gasteiger partial charge in [-0.05, 0) is 19.9 Å². The molecule has 13 heavy (non-hydrogen) atoms. The van der Waals surface area contributed by atoms with Gasteiger partial charge in [0.2, 0.25) is 0 Å². The number of rotatable bonds is 6. The lowest BCUT2D eigenvalue weighted by molar-refractivity contribution is -0.143. The van der Waals surface area contributed by atoms with E-state index in [4.69, 9.17) is 10.8 Å². The second-order valence-corrected chi connectivity index (χ2v) is 3.23. The van der Waals surface area contributed by atoms with E-state index in [2.05, 4.69) is 13.8 Å². The van der Waals surface area contributed by atoms with Gasteiger partial charge in [-0.1, -0.05) is 13.8 Å². The Morgan fingerprint density at radius 1 is 1.46 bits per heavy atom. The highest BCUT2D eigenvalue weighted by molar-refractivity contribution is 5.73. The number of aliphatic carboxylic acids is 1. The average molecular weight is 188 g/mol. The topological polar surface area (TPSA) is 66.6 Å². The minimum Gasteiger partial charge on any atom is -0.480 e. The summed E-state index contributed by atoms with van der Waals surface area (Å²) in [4.78, 5) is 12.6. The molecule has 3 N–H and O–H groups in total. The number of carboxylic acid groups (broad SMARTS) is 1. The third kappa shape index (κ3) is 3.32. The molecule has 4 nitrogen and oxygen atoms in total. The van der Waals surface area contributed by atoms with Gasteiger partial charge in [-0.25, -0.2) is 0 Å². The van der Waals surface area contributed by atoms with E-state index in [9.17, 15) is 4.79 Å². The molecule has 0 radical (unpaired) electrons. The maximum Gasteiger partial charge on any atom is 0.322 e. The Morgan fingerprint density at radius 3 is 2.15 bits per heavy atom. The first-order valence-corrected chi connectivity index (χ1v) is 4.73. The molecule has 0 aliphatic carbocycles. The van der Waals surface area contributed by atoms with Crippen LogP contribution >= 0.6 is 0 Å². The fraction of sp³-hybridized carbons (Fsp3) is 0.889. The van der Waals surface area contributed by atoms with Crippen molar-refractivity contribution in [3.8, 4) is 0 Å². The summed E-state index contributed by atoms with van der Waals surface area (Å²) in [5.41, 5.74) is 5.40. The number of hydrogen-bond acceptors (Lipinski definition) is 3. The number of hydrogen-bond donors (Lipinski definition) is 2. The summed E-state index contributed by atoms with van der Waals surface area (Å²) in [6.45, 7) is 4.28. The highest BCUT2D eigenvalue weighted by atomic mass is 16.4. The van der Waals surface area contributed by atoms with Gasteiger partial charge in [0.25, 0.3) is 0 Å². The van der Waals surface area contributed by atoms with Gasteiger partial charge in [0.05, 0.1) is 0 Å². The van der Waals surface area contributed by atoms with Crippen molar-refractivity contribution >= 4 is 5.97 Å². The number of likely N-dealkylation sites (N-methyl/N-ethyl adjacent to an activating group) is 1. The van der Waals surface area contributed by atoms with Gasteiger partial charge in [0, 0.05) is 12.6 Å². The van der Waals surface area contributed by atoms with Crippen LogP contribution in [0.4, 0.5) is 0 Å². The Labute approximate surface area is 79.7 Å². The molecular weight excluding hydrogens is 168 g/mol. The minimum absolute atomic E-state index is 0.169. The molecule has 0 aromatic heterocycles. The number of nitrogens with zero attached hydrogens (tertiary/aromatic N) is 1. The summed E-state index contributed by atoms with van der Waals surface area (Å²) in [7, 11) is 1.82. The molecule has 0 aliphatic heterocycles. The van der Waals surface area contributed by atoms with Crippen molar-refractivity contribution in [1.29, 1.82) is 0 Å². The van der Waals surface area contributed by atoms with Crippen LogP contribution in [-0.2, 0) is 4.79 Å². The molecule has 0 bridgehead atoms. The van der Waals surface area contributed by atoms with Crippen LogP contribution in [0, 0.1) is 0 Å². The van der Waals surface area contributed by atoms with Crippen LogP contribution in [0.15, 0.2) is 0 Å². The summed E-state index contributed by atoms with van der Waals surface area (Å²) in [6.07, 6.45) is 1.91. The third-order valence-corrected chi connectivity index (χ3v) is 2.52. The maximum absolute atomic E-state index is 10.8. The van der Waals surface area contributed by atoms with E-state index in [-0.39, 0.29) is 6.54 Å². The molecule has 1 atom stereocenters. The Bertz CT molecular complexity index is 158. The van der Waals surface area contributed by atoms with E-state index >= 15 is 0 Å². The molecule has 0 rings (SSSR count). The van der Waals surface area contributed by atoms with E-state index in [0.717, 1.165) is 12.8 Å². The second-order valence-electron chi connectivity index (χ2n) is 3.23. The molecule has 0 spiro atoms. The van der Waals surface area contributed by atoms with Crippen LogP contribution in [0.1, 0.15) is 26.7 Å². The smallest absolute Gasteiger partial charge is 0.322 e. The zero-order chi connectivity index (χ0) is 10.4. The Morgan fingerprint density at radius 2 is 1.92 bits per heavy atom. The molecule has 0 saturated carbocycles. The van der Waals surface area contributed by atoms with E-state index < -0.39 is 12.0 Å². The maximum atomic E-state index is 10.8. The Kier molecular flexibility index (Phi) is 5.66. The monoisotopic (exact) mass is 188 g/mol. The first kappa shape index (κ1) is 12.4. The summed E-state index contributed by atoms with van der Waals surface area (Å²) < 4.78 is 0. The van der Waals surface area contributed by atoms with E-state index in [0.29, 0.717) is 6.04 Å². The highest BCUT2D eigenvalue weighted by Crippen LogP contribution is 2.09. The highest BCUT2D eigenvalue weighted by Gasteiger charge is 2.24. The van der Waals surface area contributed by atoms with E-state index in [1.165, 1.54) is 0 Å². The van der Waals surface area contributed by atoms with Crippen LogP contribution in [0.2, 0.25) is 0 Å². The van der Waals surface area contributed by atoms with Crippen LogP contribution in [0.5, 0.6) is 0 Å². The SMILES string of the molecule is CCC(CC)N(C)C(CN)C(=O)O. The normalized spacial score (nSPS) is 13.7. The van der Waals surface area contributed by atoms with Gasteiger partial charge in [0.1, 0.15) is 6.04 Å². The van der Waals surface area contributed by atoms with Gasteiger partial charge in [-0.3, -0.25) is 9.69 Å². The molecule has 0 aliphatic rings. The predicted molar refractivity (Wildman–Crippen MR) is 52.6 cm³/mol. The summed E-state index contributed by atoms with van der Waals surface area (Å²) in [6, 6.07) is -0.241. The summed E-state index contributed by atoms with van der Waals surface area (Å²) >= 11 is 0. The van der Waals surface area contributed by atoms with Crippen molar-refractivity contribution < 1.29 is 9.90 Å². The van der Waals surface area contributed by atoms with Gasteiger partial charge in [-0.2, -0.15) is 0 Å². The molecule has 0 saturated heterocycles. The van der Waals surface area contributed by atoms with Crippen molar-refractivity contribution in [2.45, 2.75) is 38.8 Å². The van der Waals surface area contributed by atoms with Crippen LogP contribution in [0.25, 0.3) is 0 Å². The van der Waals surface area contributed by atoms with Gasteiger partial charge >= 0.3 is 5.97 Å². The zero-order valence-corrected chi connectivity index (χ0v) is 8.66. The van der Waals surface area contributed by atoms with E-state index in [1.54, 1.807) is 0 Å². The molecule has 0 fully saturated rings. The predicted octanol–water partition coefficient (Wildman–Crippen LogP) is 0.519. The van der Waals surface area contributed by atoms with Gasteiger partial charge in [-0.15, -0.1) is 0 Å². The van der Waals surface area contributed by atoms with Crippen LogP contribution in [-0.4, -0.2) is 41.7 Å². The fourth-order valence-corrected chi connectivity index (χ4v) is 1.56. The molecule has 1 unspecified atom stereocenters. The fourth-order valence-electron chi connectivity index (χ4n) is 1.56. The van der Waals surface area contributed by atoms with E-state index in [1.807, 2.05) is 11.9 Å². The quantitative estimate of drug-likeness (QED) is 0.637. The van der Waals surface area contributed by atoms with Gasteiger partial charge in [0.15, 0.2) is 0 Å². The third-order valence-electron chi connectivity index (χ3n) is 2.52.